The van der Waals surface area contributed by atoms with Gasteiger partial charge in [0, 0.05) is 11.1 Å². The summed E-state index contributed by atoms with van der Waals surface area (Å²) in [6.07, 6.45) is 4.61. The third kappa shape index (κ3) is 5.85. The standard InChI is InChI=1S/C25H28ClN3O4/c26-19-13-11-18(12-14-19)22(23(30)27-20-9-5-2-6-10-20)29-15-21(24(29)31)28-25(32)33-16-17-7-3-1-4-8-17/h1,3-4,7-8,11-14,20-22H,2,5-6,9-10,15-16H2,(H,27,30)(H,28,32). The Morgan fingerprint density at radius 1 is 1.00 bits per heavy atom. The maximum absolute atomic E-state index is 13.2. The van der Waals surface area contributed by atoms with Gasteiger partial charge in [0.1, 0.15) is 18.7 Å². The minimum absolute atomic E-state index is 0.120. The molecule has 3 amide bonds. The molecule has 8 heteroatoms. The van der Waals surface area contributed by atoms with Gasteiger partial charge in [-0.25, -0.2) is 4.79 Å². The second kappa shape index (κ2) is 10.7. The highest BCUT2D eigenvalue weighted by atomic mass is 35.5. The number of alkyl carbamates (subject to hydrolysis) is 1. The number of hydrogen-bond acceptors (Lipinski definition) is 4. The molecule has 33 heavy (non-hydrogen) atoms. The highest BCUT2D eigenvalue weighted by Crippen LogP contribution is 2.29. The van der Waals surface area contributed by atoms with E-state index in [4.69, 9.17) is 16.3 Å². The van der Waals surface area contributed by atoms with E-state index in [1.165, 1.54) is 11.3 Å². The lowest BCUT2D eigenvalue weighted by Gasteiger charge is -2.43. The number of ether oxygens (including phenoxy) is 1. The number of rotatable bonds is 7. The molecule has 174 valence electrons. The van der Waals surface area contributed by atoms with Crippen molar-refractivity contribution in [1.82, 2.24) is 15.5 Å². The average Bonchev–Trinajstić information content (AvgIpc) is 2.84. The van der Waals surface area contributed by atoms with E-state index in [9.17, 15) is 14.4 Å². The fourth-order valence-corrected chi connectivity index (χ4v) is 4.47. The number of benzene rings is 2. The number of carbonyl (C=O) groups is 3. The number of nitrogens with zero attached hydrogens (tertiary/aromatic N) is 1. The zero-order valence-corrected chi connectivity index (χ0v) is 19.1. The molecule has 4 rings (SSSR count). The van der Waals surface area contributed by atoms with Crippen LogP contribution in [-0.2, 0) is 20.9 Å². The summed E-state index contributed by atoms with van der Waals surface area (Å²) < 4.78 is 5.21. The zero-order valence-electron chi connectivity index (χ0n) is 18.3. The molecule has 1 aliphatic heterocycles. The number of β-lactam (4-membered cyclic amide) rings is 1. The molecule has 0 spiro atoms. The molecule has 2 aliphatic rings. The number of amides is 3. The summed E-state index contributed by atoms with van der Waals surface area (Å²) in [7, 11) is 0. The van der Waals surface area contributed by atoms with Crippen LogP contribution in [0.2, 0.25) is 5.02 Å². The van der Waals surface area contributed by atoms with Gasteiger partial charge in [0.2, 0.25) is 11.8 Å². The number of halogens is 1. The molecule has 1 saturated carbocycles. The molecule has 2 N–H and O–H groups in total. The lowest BCUT2D eigenvalue weighted by molar-refractivity contribution is -0.152. The first-order valence-electron chi connectivity index (χ1n) is 11.3. The molecule has 0 radical (unpaired) electrons. The number of nitrogens with one attached hydrogen (secondary N) is 2. The Kier molecular flexibility index (Phi) is 7.50. The van der Waals surface area contributed by atoms with Gasteiger partial charge < -0.3 is 20.3 Å². The lowest BCUT2D eigenvalue weighted by atomic mass is 9.93. The van der Waals surface area contributed by atoms with E-state index in [1.807, 2.05) is 30.3 Å². The first kappa shape index (κ1) is 23.1. The minimum atomic E-state index is -0.768. The molecule has 2 unspecified atom stereocenters. The maximum Gasteiger partial charge on any atom is 0.408 e. The van der Waals surface area contributed by atoms with Crippen LogP contribution in [0.4, 0.5) is 4.79 Å². The van der Waals surface area contributed by atoms with Crippen LogP contribution < -0.4 is 10.6 Å². The predicted molar refractivity (Wildman–Crippen MR) is 124 cm³/mol. The minimum Gasteiger partial charge on any atom is -0.445 e. The van der Waals surface area contributed by atoms with E-state index in [2.05, 4.69) is 10.6 Å². The number of hydrogen-bond donors (Lipinski definition) is 2. The summed E-state index contributed by atoms with van der Waals surface area (Å²) in [4.78, 5) is 39.8. The Balaban J connectivity index is 1.38. The summed E-state index contributed by atoms with van der Waals surface area (Å²) in [5.41, 5.74) is 1.54. The van der Waals surface area contributed by atoms with Crippen LogP contribution in [0.3, 0.4) is 0 Å². The largest absolute Gasteiger partial charge is 0.445 e. The van der Waals surface area contributed by atoms with Crippen LogP contribution in [-0.4, -0.2) is 41.4 Å². The highest BCUT2D eigenvalue weighted by Gasteiger charge is 2.45. The van der Waals surface area contributed by atoms with Crippen LogP contribution in [0.1, 0.15) is 49.3 Å². The monoisotopic (exact) mass is 469 g/mol. The Hall–Kier alpha value is -3.06. The summed E-state index contributed by atoms with van der Waals surface area (Å²) in [6, 6.07) is 14.9. The van der Waals surface area contributed by atoms with E-state index < -0.39 is 18.2 Å². The molecule has 0 aromatic heterocycles. The van der Waals surface area contributed by atoms with Crippen LogP contribution in [0.5, 0.6) is 0 Å². The van der Waals surface area contributed by atoms with E-state index >= 15 is 0 Å². The summed E-state index contributed by atoms with van der Waals surface area (Å²) in [6.45, 7) is 0.346. The zero-order chi connectivity index (χ0) is 23.2. The smallest absolute Gasteiger partial charge is 0.408 e. The van der Waals surface area contributed by atoms with Gasteiger partial charge in [0.15, 0.2) is 0 Å². The molecule has 2 aromatic carbocycles. The second-order valence-electron chi connectivity index (χ2n) is 8.55. The van der Waals surface area contributed by atoms with Gasteiger partial charge in [-0.15, -0.1) is 0 Å². The molecule has 1 heterocycles. The molecule has 0 bridgehead atoms. The van der Waals surface area contributed by atoms with Crippen LogP contribution in [0, 0.1) is 0 Å². The van der Waals surface area contributed by atoms with Gasteiger partial charge in [-0.05, 0) is 36.1 Å². The van der Waals surface area contributed by atoms with Crippen molar-refractivity contribution in [2.45, 2.75) is 56.8 Å². The Morgan fingerprint density at radius 2 is 1.70 bits per heavy atom. The second-order valence-corrected chi connectivity index (χ2v) is 8.98. The predicted octanol–water partition coefficient (Wildman–Crippen LogP) is 3.97. The van der Waals surface area contributed by atoms with Crippen molar-refractivity contribution in [3.8, 4) is 0 Å². The molecule has 2 atom stereocenters. The molecule has 2 aromatic rings. The molecule has 2 fully saturated rings. The highest BCUT2D eigenvalue weighted by molar-refractivity contribution is 6.30. The first-order chi connectivity index (χ1) is 16.0. The van der Waals surface area contributed by atoms with Gasteiger partial charge in [0.25, 0.3) is 0 Å². The van der Waals surface area contributed by atoms with Crippen molar-refractivity contribution < 1.29 is 19.1 Å². The van der Waals surface area contributed by atoms with E-state index in [0.717, 1.165) is 31.2 Å². The topological polar surface area (TPSA) is 87.7 Å². The normalized spacial score (nSPS) is 19.4. The molecular formula is C25H28ClN3O4. The van der Waals surface area contributed by atoms with Gasteiger partial charge in [-0.3, -0.25) is 9.59 Å². The van der Waals surface area contributed by atoms with E-state index in [0.29, 0.717) is 10.6 Å². The Bertz CT molecular complexity index is 977. The third-order valence-electron chi connectivity index (χ3n) is 6.16. The van der Waals surface area contributed by atoms with E-state index in [1.54, 1.807) is 24.3 Å². The Morgan fingerprint density at radius 3 is 2.36 bits per heavy atom. The number of carbonyl (C=O) groups excluding carboxylic acids is 3. The van der Waals surface area contributed by atoms with Crippen molar-refractivity contribution in [2.24, 2.45) is 0 Å². The summed E-state index contributed by atoms with van der Waals surface area (Å²) in [5.74, 6) is -0.520. The fraction of sp³-hybridized carbons (Fsp3) is 0.400. The van der Waals surface area contributed by atoms with Crippen LogP contribution in [0.25, 0.3) is 0 Å². The van der Waals surface area contributed by atoms with Crippen molar-refractivity contribution in [3.63, 3.8) is 0 Å². The third-order valence-corrected chi connectivity index (χ3v) is 6.41. The fourth-order valence-electron chi connectivity index (χ4n) is 4.34. The van der Waals surface area contributed by atoms with Crippen molar-refractivity contribution in [1.29, 1.82) is 0 Å². The summed E-state index contributed by atoms with van der Waals surface area (Å²) in [5, 5.41) is 6.27. The Labute approximate surface area is 198 Å². The van der Waals surface area contributed by atoms with Crippen molar-refractivity contribution in [2.75, 3.05) is 6.54 Å². The molecule has 1 saturated heterocycles. The quantitative estimate of drug-likeness (QED) is 0.601. The van der Waals surface area contributed by atoms with Crippen molar-refractivity contribution >= 4 is 29.5 Å². The summed E-state index contributed by atoms with van der Waals surface area (Å²) >= 11 is 6.02. The van der Waals surface area contributed by atoms with Gasteiger partial charge in [-0.2, -0.15) is 0 Å². The van der Waals surface area contributed by atoms with Crippen LogP contribution >= 0.6 is 11.6 Å². The lowest BCUT2D eigenvalue weighted by Crippen LogP contribution is -2.66. The average molecular weight is 470 g/mol. The first-order valence-corrected chi connectivity index (χ1v) is 11.7. The molecule has 1 aliphatic carbocycles. The van der Waals surface area contributed by atoms with Gasteiger partial charge in [-0.1, -0.05) is 73.3 Å². The SMILES string of the molecule is O=C(NC1CN(C(C(=O)NC2CCCCC2)c2ccc(Cl)cc2)C1=O)OCc1ccccc1. The maximum atomic E-state index is 13.2. The van der Waals surface area contributed by atoms with Gasteiger partial charge >= 0.3 is 6.09 Å². The van der Waals surface area contributed by atoms with Crippen molar-refractivity contribution in [3.05, 3.63) is 70.7 Å². The van der Waals surface area contributed by atoms with Gasteiger partial charge in [0.05, 0.1) is 6.54 Å². The number of likely N-dealkylation sites (tertiary alicyclic amines) is 1. The molecule has 7 nitrogen and oxygen atoms in total. The van der Waals surface area contributed by atoms with E-state index in [-0.39, 0.29) is 31.0 Å². The molecular weight excluding hydrogens is 442 g/mol. The van der Waals surface area contributed by atoms with Crippen LogP contribution in [0.15, 0.2) is 54.6 Å².